The number of aryl methyl sites for hydroxylation is 1. The zero-order valence-electron chi connectivity index (χ0n) is 7.48. The van der Waals surface area contributed by atoms with Gasteiger partial charge < -0.3 is 0 Å². The second-order valence-electron chi connectivity index (χ2n) is 2.71. The first-order chi connectivity index (χ1) is 6.51. The Bertz CT molecular complexity index is 488. The summed E-state index contributed by atoms with van der Waals surface area (Å²) in [7, 11) is -3.68. The zero-order valence-corrected chi connectivity index (χ0v) is 8.30. The van der Waals surface area contributed by atoms with Crippen LogP contribution in [0.15, 0.2) is 23.1 Å². The number of benzene rings is 1. The van der Waals surface area contributed by atoms with E-state index < -0.39 is 10.0 Å². The normalized spacial score (nSPS) is 10.9. The minimum atomic E-state index is -3.68. The number of sulfonamides is 1. The summed E-state index contributed by atoms with van der Waals surface area (Å²) in [6.45, 7) is 1.63. The van der Waals surface area contributed by atoms with Gasteiger partial charge in [-0.1, -0.05) is 6.07 Å². The highest BCUT2D eigenvalue weighted by molar-refractivity contribution is 7.89. The van der Waals surface area contributed by atoms with Crippen LogP contribution < -0.4 is 10.7 Å². The van der Waals surface area contributed by atoms with E-state index in [-0.39, 0.29) is 10.5 Å². The van der Waals surface area contributed by atoms with E-state index in [0.717, 1.165) is 0 Å². The summed E-state index contributed by atoms with van der Waals surface area (Å²) in [6, 6.07) is 6.24. The topological polar surface area (TPSA) is 96.0 Å². The second-order valence-corrected chi connectivity index (χ2v) is 4.40. The van der Waals surface area contributed by atoms with Crippen LogP contribution >= 0.6 is 0 Å². The van der Waals surface area contributed by atoms with Gasteiger partial charge in [0.25, 0.3) is 10.0 Å². The number of hydrogen-bond donors (Lipinski definition) is 2. The summed E-state index contributed by atoms with van der Waals surface area (Å²) >= 11 is 0. The Kier molecular flexibility index (Phi) is 2.86. The van der Waals surface area contributed by atoms with Gasteiger partial charge in [0, 0.05) is 0 Å². The molecule has 1 rings (SSSR count). The standard InChI is InChI=1S/C8H9N3O2S/c1-6-2-3-7(5-9)4-8(6)14(12,13)11-10/h2-4,11H,10H2,1H3. The molecule has 0 unspecified atom stereocenters. The lowest BCUT2D eigenvalue weighted by atomic mass is 10.2. The van der Waals surface area contributed by atoms with Gasteiger partial charge in [-0.25, -0.2) is 8.42 Å². The van der Waals surface area contributed by atoms with Crippen molar-refractivity contribution in [3.05, 3.63) is 29.3 Å². The number of nitrogens with two attached hydrogens (primary N) is 1. The van der Waals surface area contributed by atoms with Gasteiger partial charge in [-0.15, -0.1) is 0 Å². The van der Waals surface area contributed by atoms with Gasteiger partial charge in [0.05, 0.1) is 16.5 Å². The number of nitriles is 1. The van der Waals surface area contributed by atoms with E-state index in [4.69, 9.17) is 11.1 Å². The average molecular weight is 211 g/mol. The molecule has 0 amide bonds. The molecule has 0 aliphatic rings. The van der Waals surface area contributed by atoms with E-state index in [1.54, 1.807) is 23.9 Å². The Labute approximate surface area is 82.2 Å². The predicted molar refractivity (Wildman–Crippen MR) is 50.4 cm³/mol. The highest BCUT2D eigenvalue weighted by Crippen LogP contribution is 2.15. The number of nitrogens with zero attached hydrogens (tertiary/aromatic N) is 1. The minimum Gasteiger partial charge on any atom is -0.257 e. The fourth-order valence-corrected chi connectivity index (χ4v) is 1.92. The summed E-state index contributed by atoms with van der Waals surface area (Å²) < 4.78 is 22.7. The second kappa shape index (κ2) is 3.75. The van der Waals surface area contributed by atoms with Gasteiger partial charge in [-0.05, 0) is 24.6 Å². The van der Waals surface area contributed by atoms with Crippen LogP contribution in [-0.2, 0) is 10.0 Å². The van der Waals surface area contributed by atoms with E-state index in [0.29, 0.717) is 5.56 Å². The molecule has 0 heterocycles. The fourth-order valence-electron chi connectivity index (χ4n) is 1.02. The molecular weight excluding hydrogens is 202 g/mol. The molecule has 0 saturated heterocycles. The smallest absolute Gasteiger partial charge is 0.253 e. The maximum Gasteiger partial charge on any atom is 0.253 e. The molecule has 6 heteroatoms. The predicted octanol–water partition coefficient (Wildman–Crippen LogP) is 0.0187. The molecule has 0 aliphatic heterocycles. The Hall–Kier alpha value is -1.42. The molecule has 14 heavy (non-hydrogen) atoms. The zero-order chi connectivity index (χ0) is 10.8. The monoisotopic (exact) mass is 211 g/mol. The molecule has 0 aliphatic carbocycles. The largest absolute Gasteiger partial charge is 0.257 e. The summed E-state index contributed by atoms with van der Waals surface area (Å²) in [6.07, 6.45) is 0. The molecule has 1 aromatic carbocycles. The van der Waals surface area contributed by atoms with E-state index in [9.17, 15) is 8.42 Å². The Morgan fingerprint density at radius 1 is 1.50 bits per heavy atom. The van der Waals surface area contributed by atoms with Crippen LogP contribution in [0.2, 0.25) is 0 Å². The Morgan fingerprint density at radius 2 is 2.14 bits per heavy atom. The van der Waals surface area contributed by atoms with E-state index >= 15 is 0 Å². The third-order valence-corrected chi connectivity index (χ3v) is 3.09. The summed E-state index contributed by atoms with van der Waals surface area (Å²) in [5, 5.41) is 8.59. The van der Waals surface area contributed by atoms with Crippen molar-refractivity contribution >= 4 is 10.0 Å². The Balaban J connectivity index is 3.43. The van der Waals surface area contributed by atoms with Crippen LogP contribution in [0.1, 0.15) is 11.1 Å². The SMILES string of the molecule is Cc1ccc(C#N)cc1S(=O)(=O)NN. The van der Waals surface area contributed by atoms with Crippen LogP contribution in [-0.4, -0.2) is 8.42 Å². The van der Waals surface area contributed by atoms with Gasteiger partial charge in [-0.2, -0.15) is 10.1 Å². The minimum absolute atomic E-state index is 0.0269. The molecule has 1 aromatic rings. The van der Waals surface area contributed by atoms with Crippen LogP contribution in [0.3, 0.4) is 0 Å². The lowest BCUT2D eigenvalue weighted by molar-refractivity contribution is 0.583. The first kappa shape index (κ1) is 10.7. The fraction of sp³-hybridized carbons (Fsp3) is 0.125. The average Bonchev–Trinajstić information content (AvgIpc) is 2.18. The maximum absolute atomic E-state index is 11.3. The van der Waals surface area contributed by atoms with Gasteiger partial charge in [-0.3, -0.25) is 5.84 Å². The molecule has 74 valence electrons. The molecule has 0 saturated carbocycles. The molecule has 0 aromatic heterocycles. The highest BCUT2D eigenvalue weighted by atomic mass is 32.2. The quantitative estimate of drug-likeness (QED) is 0.532. The maximum atomic E-state index is 11.3. The van der Waals surface area contributed by atoms with Crippen LogP contribution in [0, 0.1) is 18.3 Å². The molecule has 0 atom stereocenters. The highest BCUT2D eigenvalue weighted by Gasteiger charge is 2.15. The summed E-state index contributed by atoms with van der Waals surface area (Å²) in [4.78, 5) is 1.74. The summed E-state index contributed by atoms with van der Waals surface area (Å²) in [5.41, 5.74) is 0.825. The van der Waals surface area contributed by atoms with Crippen molar-refractivity contribution in [2.45, 2.75) is 11.8 Å². The molecule has 5 nitrogen and oxygen atoms in total. The molecule has 0 bridgehead atoms. The van der Waals surface area contributed by atoms with Crippen LogP contribution in [0.4, 0.5) is 0 Å². The van der Waals surface area contributed by atoms with E-state index in [1.165, 1.54) is 6.07 Å². The van der Waals surface area contributed by atoms with Crippen molar-refractivity contribution in [1.82, 2.24) is 4.83 Å². The van der Waals surface area contributed by atoms with E-state index in [2.05, 4.69) is 0 Å². The van der Waals surface area contributed by atoms with Gasteiger partial charge in [0.2, 0.25) is 0 Å². The lowest BCUT2D eigenvalue weighted by Crippen LogP contribution is -2.30. The van der Waals surface area contributed by atoms with Crippen molar-refractivity contribution in [3.8, 4) is 6.07 Å². The summed E-state index contributed by atoms with van der Waals surface area (Å²) in [5.74, 6) is 4.88. The third-order valence-electron chi connectivity index (χ3n) is 1.76. The first-order valence-corrected chi connectivity index (χ1v) is 5.23. The van der Waals surface area contributed by atoms with Gasteiger partial charge in [0.1, 0.15) is 0 Å². The third kappa shape index (κ3) is 1.90. The number of hydrogen-bond acceptors (Lipinski definition) is 4. The molecular formula is C8H9N3O2S. The van der Waals surface area contributed by atoms with Crippen molar-refractivity contribution in [2.75, 3.05) is 0 Å². The molecule has 3 N–H and O–H groups in total. The number of nitrogens with one attached hydrogen (secondary N) is 1. The van der Waals surface area contributed by atoms with Crippen molar-refractivity contribution in [2.24, 2.45) is 5.84 Å². The van der Waals surface area contributed by atoms with Crippen LogP contribution in [0.5, 0.6) is 0 Å². The van der Waals surface area contributed by atoms with Crippen molar-refractivity contribution in [3.63, 3.8) is 0 Å². The van der Waals surface area contributed by atoms with Crippen LogP contribution in [0.25, 0.3) is 0 Å². The first-order valence-electron chi connectivity index (χ1n) is 3.74. The van der Waals surface area contributed by atoms with Gasteiger partial charge in [0.15, 0.2) is 0 Å². The number of hydrazine groups is 1. The van der Waals surface area contributed by atoms with Crippen molar-refractivity contribution < 1.29 is 8.42 Å². The molecule has 0 radical (unpaired) electrons. The van der Waals surface area contributed by atoms with Crippen molar-refractivity contribution in [1.29, 1.82) is 5.26 Å². The molecule has 0 fully saturated rings. The Morgan fingerprint density at radius 3 is 2.64 bits per heavy atom. The van der Waals surface area contributed by atoms with E-state index in [1.807, 2.05) is 6.07 Å². The van der Waals surface area contributed by atoms with Gasteiger partial charge >= 0.3 is 0 Å². The number of rotatable bonds is 2. The molecule has 0 spiro atoms. The lowest BCUT2D eigenvalue weighted by Gasteiger charge is -2.05.